The molecule has 198 valence electrons. The zero-order valence-corrected chi connectivity index (χ0v) is 24.2. The van der Waals surface area contributed by atoms with Crippen molar-refractivity contribution < 1.29 is 9.53 Å². The van der Waals surface area contributed by atoms with E-state index in [1.807, 2.05) is 44.1 Å². The van der Waals surface area contributed by atoms with Crippen molar-refractivity contribution in [1.82, 2.24) is 14.5 Å². The Morgan fingerprint density at radius 3 is 2.76 bits per heavy atom. The van der Waals surface area contributed by atoms with Gasteiger partial charge in [-0.15, -0.1) is 0 Å². The van der Waals surface area contributed by atoms with E-state index in [1.165, 1.54) is 30.0 Å². The second kappa shape index (κ2) is 13.7. The molecule has 0 bridgehead atoms. The van der Waals surface area contributed by atoms with Gasteiger partial charge in [0.05, 0.1) is 5.76 Å². The van der Waals surface area contributed by atoms with Crippen molar-refractivity contribution in [3.8, 4) is 6.19 Å². The molecule has 0 aromatic carbocycles. The van der Waals surface area contributed by atoms with E-state index in [1.54, 1.807) is 11.0 Å². The van der Waals surface area contributed by atoms with Crippen LogP contribution in [0.4, 0.5) is 4.79 Å². The Kier molecular flexibility index (Phi) is 10.6. The van der Waals surface area contributed by atoms with Gasteiger partial charge in [0, 0.05) is 31.2 Å². The van der Waals surface area contributed by atoms with Crippen molar-refractivity contribution in [3.05, 3.63) is 83.1 Å². The second-order valence-electron chi connectivity index (χ2n) is 9.74. The monoisotopic (exact) mass is 538 g/mol. The Labute approximate surface area is 227 Å². The first-order chi connectivity index (χ1) is 17.8. The van der Waals surface area contributed by atoms with Crippen LogP contribution in [0.15, 0.2) is 83.1 Å². The van der Waals surface area contributed by atoms with E-state index in [4.69, 9.17) is 10.00 Å². The maximum absolute atomic E-state index is 13.8. The molecule has 1 aliphatic carbocycles. The van der Waals surface area contributed by atoms with Crippen LogP contribution in [-0.2, 0) is 4.74 Å². The average Bonchev–Trinajstić information content (AvgIpc) is 3.49. The number of nitrogens with zero attached hydrogens (tertiary/aromatic N) is 3. The molecule has 1 spiro atoms. The minimum absolute atomic E-state index is 0.0111. The van der Waals surface area contributed by atoms with Gasteiger partial charge in [-0.05, 0) is 80.8 Å². The van der Waals surface area contributed by atoms with Crippen molar-refractivity contribution in [2.75, 3.05) is 26.7 Å². The fraction of sp³-hybridized carbons (Fsp3) is 0.414. The van der Waals surface area contributed by atoms with E-state index >= 15 is 0 Å². The molecule has 2 heterocycles. The fourth-order valence-corrected chi connectivity index (χ4v) is 7.66. The third kappa shape index (κ3) is 7.37. The van der Waals surface area contributed by atoms with E-state index in [2.05, 4.69) is 54.1 Å². The number of urea groups is 1. The predicted molar refractivity (Wildman–Crippen MR) is 159 cm³/mol. The number of likely N-dealkylation sites (tertiary alicyclic amines) is 1. The number of rotatable bonds is 9. The molecule has 1 saturated heterocycles. The molecule has 2 fully saturated rings. The van der Waals surface area contributed by atoms with Gasteiger partial charge in [0.15, 0.2) is 6.19 Å². The summed E-state index contributed by atoms with van der Waals surface area (Å²) in [6.45, 7) is 10.6. The van der Waals surface area contributed by atoms with Crippen LogP contribution in [0.3, 0.4) is 0 Å². The van der Waals surface area contributed by atoms with Gasteiger partial charge in [-0.2, -0.15) is 5.26 Å². The summed E-state index contributed by atoms with van der Waals surface area (Å²) in [5.41, 5.74) is 4.49. The summed E-state index contributed by atoms with van der Waals surface area (Å²) in [6.07, 6.45) is 20.7. The molecule has 3 aliphatic rings. The fourth-order valence-electron chi connectivity index (χ4n) is 5.19. The number of likely N-dealkylation sites (N-methyl/N-ethyl adjacent to an activating group) is 1. The number of amides is 2. The number of hydrogen-bond donors (Lipinski definition) is 1. The van der Waals surface area contributed by atoms with E-state index in [9.17, 15) is 4.79 Å². The Hall–Kier alpha value is -2.81. The highest BCUT2D eigenvalue weighted by Gasteiger charge is 2.48. The van der Waals surface area contributed by atoms with Crippen LogP contribution in [0.2, 0.25) is 0 Å². The van der Waals surface area contributed by atoms with Gasteiger partial charge in [-0.3, -0.25) is 9.62 Å². The first-order valence-corrected chi connectivity index (χ1v) is 15.9. The predicted octanol–water partition coefficient (Wildman–Crippen LogP) is 6.90. The summed E-state index contributed by atoms with van der Waals surface area (Å²) >= 11 is 1.45. The molecule has 37 heavy (non-hydrogen) atoms. The van der Waals surface area contributed by atoms with E-state index in [-0.39, 0.29) is 11.4 Å². The Bertz CT molecular complexity index is 1150. The molecule has 3 rings (SSSR count). The SMILES string of the molecule is C=C/C=C(/C)CO/C(C)=C/C=C1\C(=C/C)C2(CCCC2)CN1C(=O)N(C)CC1=CC=[PH](SNC#N)C=C1. The largest absolute Gasteiger partial charge is 0.494 e. The number of hydrogen-bond acceptors (Lipinski definition) is 5. The van der Waals surface area contributed by atoms with E-state index < -0.39 is 6.75 Å². The summed E-state index contributed by atoms with van der Waals surface area (Å²) in [4.78, 5) is 17.5. The third-order valence-electron chi connectivity index (χ3n) is 6.97. The molecule has 8 heteroatoms. The van der Waals surface area contributed by atoms with Crippen molar-refractivity contribution in [2.45, 2.75) is 46.5 Å². The lowest BCUT2D eigenvalue weighted by Crippen LogP contribution is -2.41. The zero-order valence-electron chi connectivity index (χ0n) is 22.4. The number of ether oxygens (including phenoxy) is 1. The molecule has 1 saturated carbocycles. The molecule has 2 amide bonds. The van der Waals surface area contributed by atoms with Crippen molar-refractivity contribution in [1.29, 1.82) is 5.26 Å². The van der Waals surface area contributed by atoms with Crippen LogP contribution in [0.25, 0.3) is 0 Å². The molecule has 1 unspecified atom stereocenters. The molecule has 1 N–H and O–H groups in total. The Balaban J connectivity index is 1.80. The topological polar surface area (TPSA) is 68.6 Å². The van der Waals surface area contributed by atoms with Gasteiger partial charge in [-0.1, -0.05) is 61.4 Å². The summed E-state index contributed by atoms with van der Waals surface area (Å²) < 4.78 is 8.56. The van der Waals surface area contributed by atoms with Crippen molar-refractivity contribution in [3.63, 3.8) is 0 Å². The van der Waals surface area contributed by atoms with Gasteiger partial charge < -0.3 is 9.64 Å². The molecular formula is C29H39N4O2PS. The lowest BCUT2D eigenvalue weighted by molar-refractivity contribution is 0.176. The molecule has 0 aromatic rings. The van der Waals surface area contributed by atoms with E-state index in [0.717, 1.165) is 42.0 Å². The van der Waals surface area contributed by atoms with Crippen molar-refractivity contribution >= 4 is 30.1 Å². The first kappa shape index (κ1) is 28.8. The highest BCUT2D eigenvalue weighted by Crippen LogP contribution is 2.53. The number of nitrogens with one attached hydrogen (secondary N) is 1. The summed E-state index contributed by atoms with van der Waals surface area (Å²) in [6, 6.07) is 0.0111. The standard InChI is InChI=1S/C29H39N4O2PS/c1-6-10-23(3)20-35-24(4)11-12-27-26(7-2)29(15-8-9-16-29)21-33(27)28(34)32(5)19-25-13-17-36(18-14-25)37-31-22-30/h6-7,10-14,17-18,31,36H,1,8-9,15-16,19-21H2,2-5H3/b23-10-,24-11+,26-7+,27-12+. The molecule has 0 radical (unpaired) electrons. The molecule has 1 atom stereocenters. The minimum atomic E-state index is -0.932. The minimum Gasteiger partial charge on any atom is -0.494 e. The van der Waals surface area contributed by atoms with Gasteiger partial charge in [0.25, 0.3) is 0 Å². The molecule has 6 nitrogen and oxygen atoms in total. The second-order valence-corrected chi connectivity index (χ2v) is 13.6. The van der Waals surface area contributed by atoms with Crippen LogP contribution < -0.4 is 4.72 Å². The lowest BCUT2D eigenvalue weighted by Gasteiger charge is -2.27. The van der Waals surface area contributed by atoms with Crippen molar-refractivity contribution in [2.24, 2.45) is 5.41 Å². The van der Waals surface area contributed by atoms with Gasteiger partial charge in [0.1, 0.15) is 6.61 Å². The summed E-state index contributed by atoms with van der Waals surface area (Å²) in [5.74, 6) is 5.08. The normalized spacial score (nSPS) is 23.2. The Morgan fingerprint density at radius 2 is 2.14 bits per heavy atom. The molecular weight excluding hydrogens is 499 g/mol. The lowest BCUT2D eigenvalue weighted by atomic mass is 9.80. The van der Waals surface area contributed by atoms with Gasteiger partial charge >= 0.3 is 6.03 Å². The average molecular weight is 539 g/mol. The Morgan fingerprint density at radius 1 is 1.38 bits per heavy atom. The zero-order chi connectivity index (χ0) is 26.8. The number of nitriles is 1. The maximum atomic E-state index is 13.8. The molecule has 2 aliphatic heterocycles. The van der Waals surface area contributed by atoms with Gasteiger partial charge in [-0.25, -0.2) is 4.79 Å². The van der Waals surface area contributed by atoms with E-state index in [0.29, 0.717) is 13.2 Å². The van der Waals surface area contributed by atoms with Crippen LogP contribution in [0.1, 0.15) is 46.5 Å². The quantitative estimate of drug-likeness (QED) is 0.0864. The summed E-state index contributed by atoms with van der Waals surface area (Å²) in [5, 5.41) is 8.71. The van der Waals surface area contributed by atoms with Gasteiger partial charge in [0.2, 0.25) is 0 Å². The first-order valence-electron chi connectivity index (χ1n) is 12.7. The highest BCUT2D eigenvalue weighted by atomic mass is 32.7. The number of carbonyl (C=O) groups is 1. The number of allylic oxidation sites excluding steroid dienone is 8. The van der Waals surface area contributed by atoms with Crippen LogP contribution in [-0.4, -0.2) is 48.4 Å². The number of carbonyl (C=O) groups excluding carboxylic acids is 1. The van der Waals surface area contributed by atoms with Crippen LogP contribution in [0, 0.1) is 16.9 Å². The smallest absolute Gasteiger partial charge is 0.324 e. The maximum Gasteiger partial charge on any atom is 0.324 e. The van der Waals surface area contributed by atoms with Crippen LogP contribution >= 0.6 is 18.3 Å². The summed E-state index contributed by atoms with van der Waals surface area (Å²) in [7, 11) is 1.87. The molecule has 0 aromatic heterocycles. The highest BCUT2D eigenvalue weighted by molar-refractivity contribution is 8.54. The third-order valence-corrected chi connectivity index (χ3v) is 10.2. The van der Waals surface area contributed by atoms with Crippen LogP contribution in [0.5, 0.6) is 0 Å².